The second-order valence-electron chi connectivity index (χ2n) is 1.81. The fourth-order valence-electron chi connectivity index (χ4n) is 0.621. The summed E-state index contributed by atoms with van der Waals surface area (Å²) < 4.78 is 0. The Morgan fingerprint density at radius 3 is 2.40 bits per heavy atom. The van der Waals surface area contributed by atoms with Crippen LogP contribution in [-0.4, -0.2) is 11.4 Å². The molecule has 1 rings (SSSR count). The standard InChI is InChI=1S/C7H6NO2/c9-7-3-1-6(2-4-7)5-8-10/h1-5,10H. The number of oxime groups is 1. The lowest BCUT2D eigenvalue weighted by Gasteiger charge is -1.88. The highest BCUT2D eigenvalue weighted by molar-refractivity contribution is 5.79. The zero-order valence-electron chi connectivity index (χ0n) is 5.19. The first-order valence-electron chi connectivity index (χ1n) is 2.77. The van der Waals surface area contributed by atoms with Crippen LogP contribution in [0.25, 0.3) is 0 Å². The minimum atomic E-state index is -0.0462. The average molecular weight is 136 g/mol. The third kappa shape index (κ3) is 1.48. The summed E-state index contributed by atoms with van der Waals surface area (Å²) in [4.78, 5) is 0. The second-order valence-corrected chi connectivity index (χ2v) is 1.81. The Bertz CT molecular complexity index is 228. The van der Waals surface area contributed by atoms with E-state index in [1.165, 1.54) is 18.3 Å². The van der Waals surface area contributed by atoms with Crippen LogP contribution in [0.5, 0.6) is 5.75 Å². The number of hydrogen-bond acceptors (Lipinski definition) is 2. The minimum absolute atomic E-state index is 0.0462. The molecule has 0 fully saturated rings. The summed E-state index contributed by atoms with van der Waals surface area (Å²) in [5.74, 6) is -0.0462. The SMILES string of the molecule is [O]c1ccc(C=NO)cc1. The van der Waals surface area contributed by atoms with Gasteiger partial charge in [0.2, 0.25) is 0 Å². The maximum atomic E-state index is 10.5. The van der Waals surface area contributed by atoms with Crippen molar-refractivity contribution in [3.63, 3.8) is 0 Å². The van der Waals surface area contributed by atoms with Gasteiger partial charge >= 0.3 is 0 Å². The van der Waals surface area contributed by atoms with Gasteiger partial charge in [0.25, 0.3) is 0 Å². The van der Waals surface area contributed by atoms with Gasteiger partial charge in [-0.2, -0.15) is 0 Å². The van der Waals surface area contributed by atoms with Gasteiger partial charge in [0.1, 0.15) is 0 Å². The predicted octanol–water partition coefficient (Wildman–Crippen LogP) is 1.64. The molecule has 0 amide bonds. The third-order valence-electron chi connectivity index (χ3n) is 1.09. The Labute approximate surface area is 58.2 Å². The first-order valence-corrected chi connectivity index (χ1v) is 2.77. The van der Waals surface area contributed by atoms with Crippen LogP contribution in [0.3, 0.4) is 0 Å². The molecule has 0 unspecified atom stereocenters. The van der Waals surface area contributed by atoms with E-state index in [2.05, 4.69) is 5.16 Å². The van der Waals surface area contributed by atoms with Gasteiger partial charge in [-0.1, -0.05) is 5.16 Å². The van der Waals surface area contributed by atoms with Gasteiger partial charge in [-0.05, 0) is 29.8 Å². The Kier molecular flexibility index (Phi) is 1.89. The van der Waals surface area contributed by atoms with Crippen molar-refractivity contribution in [3.05, 3.63) is 29.8 Å². The minimum Gasteiger partial charge on any atom is -0.411 e. The van der Waals surface area contributed by atoms with Gasteiger partial charge in [-0.15, -0.1) is 0 Å². The molecule has 1 aromatic rings. The lowest BCUT2D eigenvalue weighted by molar-refractivity contribution is 0.322. The largest absolute Gasteiger partial charge is 0.411 e. The van der Waals surface area contributed by atoms with Gasteiger partial charge in [-0.25, -0.2) is 0 Å². The molecule has 0 atom stereocenters. The van der Waals surface area contributed by atoms with E-state index in [0.717, 1.165) is 0 Å². The van der Waals surface area contributed by atoms with Crippen molar-refractivity contribution in [1.82, 2.24) is 0 Å². The van der Waals surface area contributed by atoms with Crippen molar-refractivity contribution in [2.45, 2.75) is 0 Å². The lowest BCUT2D eigenvalue weighted by atomic mass is 10.2. The van der Waals surface area contributed by atoms with Crippen molar-refractivity contribution in [2.75, 3.05) is 0 Å². The van der Waals surface area contributed by atoms with Crippen LogP contribution in [0, 0.1) is 0 Å². The summed E-state index contributed by atoms with van der Waals surface area (Å²) >= 11 is 0. The molecule has 1 aromatic carbocycles. The van der Waals surface area contributed by atoms with Crippen LogP contribution in [0.1, 0.15) is 5.56 Å². The zero-order valence-corrected chi connectivity index (χ0v) is 5.19. The fourth-order valence-corrected chi connectivity index (χ4v) is 0.621. The molecule has 0 bridgehead atoms. The summed E-state index contributed by atoms with van der Waals surface area (Å²) in [5, 5.41) is 21.4. The molecule has 0 saturated carbocycles. The highest BCUT2D eigenvalue weighted by atomic mass is 16.4. The van der Waals surface area contributed by atoms with Gasteiger partial charge in [-0.3, -0.25) is 5.11 Å². The van der Waals surface area contributed by atoms with E-state index in [0.29, 0.717) is 5.56 Å². The van der Waals surface area contributed by atoms with Crippen molar-refractivity contribution in [2.24, 2.45) is 5.16 Å². The fraction of sp³-hybridized carbons (Fsp3) is 0. The normalized spacial score (nSPS) is 10.4. The first kappa shape index (κ1) is 6.61. The van der Waals surface area contributed by atoms with Gasteiger partial charge < -0.3 is 5.21 Å². The molecule has 0 aliphatic rings. The van der Waals surface area contributed by atoms with Crippen LogP contribution in [0.15, 0.2) is 29.4 Å². The zero-order chi connectivity index (χ0) is 7.40. The highest BCUT2D eigenvalue weighted by Crippen LogP contribution is 2.08. The van der Waals surface area contributed by atoms with Gasteiger partial charge in [0.05, 0.1) is 6.21 Å². The Hall–Kier alpha value is -1.51. The Balaban J connectivity index is 2.89. The van der Waals surface area contributed by atoms with Crippen LogP contribution < -0.4 is 0 Å². The molecular weight excluding hydrogens is 130 g/mol. The summed E-state index contributed by atoms with van der Waals surface area (Å²) in [7, 11) is 0. The molecule has 1 N–H and O–H groups in total. The second kappa shape index (κ2) is 2.87. The van der Waals surface area contributed by atoms with E-state index < -0.39 is 0 Å². The highest BCUT2D eigenvalue weighted by Gasteiger charge is 1.88. The molecule has 1 radical (unpaired) electrons. The van der Waals surface area contributed by atoms with Crippen molar-refractivity contribution >= 4 is 6.21 Å². The number of benzene rings is 1. The number of nitrogens with zero attached hydrogens (tertiary/aromatic N) is 1. The number of rotatable bonds is 1. The number of hydrogen-bond donors (Lipinski definition) is 1. The monoisotopic (exact) mass is 136 g/mol. The van der Waals surface area contributed by atoms with Crippen LogP contribution in [0.4, 0.5) is 0 Å². The smallest absolute Gasteiger partial charge is 0.178 e. The van der Waals surface area contributed by atoms with Gasteiger partial charge in [0, 0.05) is 0 Å². The van der Waals surface area contributed by atoms with Crippen molar-refractivity contribution in [1.29, 1.82) is 0 Å². The van der Waals surface area contributed by atoms with Crippen molar-refractivity contribution in [3.8, 4) is 5.75 Å². The van der Waals surface area contributed by atoms with E-state index in [9.17, 15) is 5.11 Å². The Morgan fingerprint density at radius 1 is 1.30 bits per heavy atom. The summed E-state index contributed by atoms with van der Waals surface area (Å²) in [5.41, 5.74) is 0.710. The molecule has 0 saturated heterocycles. The molecule has 3 nitrogen and oxygen atoms in total. The van der Waals surface area contributed by atoms with E-state index in [-0.39, 0.29) is 5.75 Å². The third-order valence-corrected chi connectivity index (χ3v) is 1.09. The van der Waals surface area contributed by atoms with E-state index in [1.807, 2.05) is 0 Å². The van der Waals surface area contributed by atoms with Gasteiger partial charge in [0.15, 0.2) is 5.75 Å². The van der Waals surface area contributed by atoms with E-state index in [4.69, 9.17) is 5.21 Å². The van der Waals surface area contributed by atoms with Crippen LogP contribution in [0.2, 0.25) is 0 Å². The molecule has 51 valence electrons. The molecular formula is C7H6NO2. The Morgan fingerprint density at radius 2 is 1.90 bits per heavy atom. The summed E-state index contributed by atoms with van der Waals surface area (Å²) in [6.07, 6.45) is 1.26. The average Bonchev–Trinajstić information content (AvgIpc) is 1.95. The van der Waals surface area contributed by atoms with E-state index in [1.54, 1.807) is 12.1 Å². The molecule has 0 heterocycles. The van der Waals surface area contributed by atoms with E-state index >= 15 is 0 Å². The predicted molar refractivity (Wildman–Crippen MR) is 36.0 cm³/mol. The summed E-state index contributed by atoms with van der Waals surface area (Å²) in [6.45, 7) is 0. The van der Waals surface area contributed by atoms with Crippen LogP contribution >= 0.6 is 0 Å². The molecule has 0 aromatic heterocycles. The summed E-state index contributed by atoms with van der Waals surface area (Å²) in [6, 6.07) is 6.00. The van der Waals surface area contributed by atoms with Crippen LogP contribution in [-0.2, 0) is 5.11 Å². The first-order chi connectivity index (χ1) is 4.83. The molecule has 3 heteroatoms. The maximum Gasteiger partial charge on any atom is 0.178 e. The molecule has 0 aliphatic heterocycles. The van der Waals surface area contributed by atoms with Crippen molar-refractivity contribution < 1.29 is 10.3 Å². The topological polar surface area (TPSA) is 52.5 Å². The molecule has 10 heavy (non-hydrogen) atoms. The quantitative estimate of drug-likeness (QED) is 0.356. The maximum absolute atomic E-state index is 10.5. The molecule has 0 spiro atoms. The molecule has 0 aliphatic carbocycles. The lowest BCUT2D eigenvalue weighted by Crippen LogP contribution is -1.77.